The third kappa shape index (κ3) is 5.74. The molecule has 1 aromatic rings. The van der Waals surface area contributed by atoms with Gasteiger partial charge in [0.25, 0.3) is 5.69 Å². The Morgan fingerprint density at radius 1 is 1.30 bits per heavy atom. The van der Waals surface area contributed by atoms with E-state index >= 15 is 0 Å². The van der Waals surface area contributed by atoms with E-state index in [4.69, 9.17) is 6.42 Å². The summed E-state index contributed by atoms with van der Waals surface area (Å²) in [6.45, 7) is 12.0. The fourth-order valence-electron chi connectivity index (χ4n) is 2.32. The number of nitro benzene ring substituents is 1. The van der Waals surface area contributed by atoms with Gasteiger partial charge in [-0.3, -0.25) is 10.1 Å². The Bertz CT molecular complexity index is 618. The molecule has 0 unspecified atom stereocenters. The van der Waals surface area contributed by atoms with E-state index in [0.717, 1.165) is 18.7 Å². The van der Waals surface area contributed by atoms with Gasteiger partial charge in [0.2, 0.25) is 0 Å². The largest absolute Gasteiger partial charge is 0.349 e. The topological polar surface area (TPSA) is 58.7 Å². The lowest BCUT2D eigenvalue weighted by molar-refractivity contribution is -0.384. The summed E-state index contributed by atoms with van der Waals surface area (Å²) in [5.41, 5.74) is 1.46. The maximum atomic E-state index is 10.8. The van der Waals surface area contributed by atoms with Gasteiger partial charge in [0.1, 0.15) is 0 Å². The molecule has 0 aromatic heterocycles. The van der Waals surface area contributed by atoms with Gasteiger partial charge in [-0.15, -0.1) is 6.42 Å². The molecule has 0 saturated carbocycles. The molecule has 0 N–H and O–H groups in total. The van der Waals surface area contributed by atoms with E-state index in [-0.39, 0.29) is 5.69 Å². The lowest BCUT2D eigenvalue weighted by Gasteiger charge is -2.27. The summed E-state index contributed by atoms with van der Waals surface area (Å²) in [7, 11) is 0. The number of aryl methyl sites for hydroxylation is 1. The van der Waals surface area contributed by atoms with Crippen molar-refractivity contribution in [3.63, 3.8) is 0 Å². The van der Waals surface area contributed by atoms with Crippen LogP contribution in [-0.2, 0) is 0 Å². The second kappa shape index (κ2) is 8.33. The molecule has 5 heteroatoms. The summed E-state index contributed by atoms with van der Waals surface area (Å²) in [6.07, 6.45) is 5.67. The summed E-state index contributed by atoms with van der Waals surface area (Å²) in [6, 6.07) is 4.62. The fraction of sp³-hybridized carbons (Fsp3) is 0.500. The van der Waals surface area contributed by atoms with E-state index in [9.17, 15) is 10.1 Å². The van der Waals surface area contributed by atoms with E-state index in [1.54, 1.807) is 13.0 Å². The van der Waals surface area contributed by atoms with E-state index in [1.807, 2.05) is 0 Å². The number of hydrogen-bond donors (Lipinski definition) is 0. The number of terminal acetylenes is 1. The number of benzene rings is 1. The van der Waals surface area contributed by atoms with Crippen molar-refractivity contribution in [2.24, 2.45) is 16.8 Å². The number of hydrogen-bond acceptors (Lipinski definition) is 3. The fourth-order valence-corrected chi connectivity index (χ4v) is 2.32. The first-order valence-electron chi connectivity index (χ1n) is 7.79. The van der Waals surface area contributed by atoms with Crippen LogP contribution in [-0.4, -0.2) is 28.7 Å². The number of nitro groups is 1. The quantitative estimate of drug-likeness (QED) is 0.260. The summed E-state index contributed by atoms with van der Waals surface area (Å²) < 4.78 is 0. The Labute approximate surface area is 138 Å². The van der Waals surface area contributed by atoms with Crippen molar-refractivity contribution >= 4 is 17.2 Å². The van der Waals surface area contributed by atoms with Crippen molar-refractivity contribution < 1.29 is 4.92 Å². The molecule has 0 aliphatic carbocycles. The second-order valence-corrected chi connectivity index (χ2v) is 6.50. The molecule has 0 heterocycles. The highest BCUT2D eigenvalue weighted by molar-refractivity contribution is 5.99. The lowest BCUT2D eigenvalue weighted by atomic mass is 10.1. The monoisotopic (exact) mass is 315 g/mol. The number of amidine groups is 1. The molecule has 0 spiro atoms. The molecule has 23 heavy (non-hydrogen) atoms. The average Bonchev–Trinajstić information content (AvgIpc) is 2.44. The minimum atomic E-state index is -0.410. The molecular weight excluding hydrogens is 290 g/mol. The van der Waals surface area contributed by atoms with Gasteiger partial charge < -0.3 is 4.90 Å². The standard InChI is InChI=1S/C18H25N3O2/c1-7-18(20(11-13(2)3)12-14(4)5)19-17-9-8-16(21(22)23)10-15(17)6/h1,8-10,13-14H,11-12H2,2-6H3. The first-order chi connectivity index (χ1) is 10.7. The molecule has 0 radical (unpaired) electrons. The van der Waals surface area contributed by atoms with Crippen molar-refractivity contribution in [3.05, 3.63) is 33.9 Å². The molecule has 5 nitrogen and oxygen atoms in total. The van der Waals surface area contributed by atoms with Crippen LogP contribution in [0.2, 0.25) is 0 Å². The van der Waals surface area contributed by atoms with E-state index in [0.29, 0.717) is 23.4 Å². The third-order valence-electron chi connectivity index (χ3n) is 3.22. The molecule has 0 saturated heterocycles. The molecule has 0 aliphatic heterocycles. The lowest BCUT2D eigenvalue weighted by Crippen LogP contribution is -2.36. The van der Waals surface area contributed by atoms with Crippen LogP contribution in [0.4, 0.5) is 11.4 Å². The van der Waals surface area contributed by atoms with Crippen LogP contribution >= 0.6 is 0 Å². The minimum absolute atomic E-state index is 0.0601. The van der Waals surface area contributed by atoms with Gasteiger partial charge >= 0.3 is 0 Å². The molecular formula is C18H25N3O2. The van der Waals surface area contributed by atoms with Crippen molar-refractivity contribution in [1.29, 1.82) is 0 Å². The van der Waals surface area contributed by atoms with Gasteiger partial charge in [-0.05, 0) is 36.3 Å². The first-order valence-corrected chi connectivity index (χ1v) is 7.79. The highest BCUT2D eigenvalue weighted by atomic mass is 16.6. The smallest absolute Gasteiger partial charge is 0.269 e. The molecule has 0 fully saturated rings. The van der Waals surface area contributed by atoms with Crippen LogP contribution in [0.5, 0.6) is 0 Å². The molecule has 0 aliphatic rings. The van der Waals surface area contributed by atoms with Gasteiger partial charge in [-0.1, -0.05) is 27.7 Å². The Hall–Kier alpha value is -2.35. The van der Waals surface area contributed by atoms with Crippen LogP contribution < -0.4 is 0 Å². The second-order valence-electron chi connectivity index (χ2n) is 6.50. The van der Waals surface area contributed by atoms with Gasteiger partial charge in [-0.2, -0.15) is 0 Å². The van der Waals surface area contributed by atoms with Crippen LogP contribution in [0.3, 0.4) is 0 Å². The predicted molar refractivity (Wildman–Crippen MR) is 95.0 cm³/mol. The van der Waals surface area contributed by atoms with Crippen LogP contribution in [0, 0.1) is 41.2 Å². The van der Waals surface area contributed by atoms with Gasteiger partial charge in [0, 0.05) is 25.2 Å². The van der Waals surface area contributed by atoms with Crippen molar-refractivity contribution in [2.75, 3.05) is 13.1 Å². The molecule has 0 atom stereocenters. The SMILES string of the molecule is C#CC(=Nc1ccc([N+](=O)[O-])cc1C)N(CC(C)C)CC(C)C. The molecule has 124 valence electrons. The zero-order valence-corrected chi connectivity index (χ0v) is 14.5. The average molecular weight is 315 g/mol. The zero-order chi connectivity index (χ0) is 17.6. The van der Waals surface area contributed by atoms with Crippen molar-refractivity contribution in [3.8, 4) is 12.3 Å². The molecule has 1 aromatic carbocycles. The van der Waals surface area contributed by atoms with Gasteiger partial charge in [-0.25, -0.2) is 4.99 Å². The van der Waals surface area contributed by atoms with Crippen LogP contribution in [0.25, 0.3) is 0 Å². The summed E-state index contributed by atoms with van der Waals surface area (Å²) in [5.74, 6) is 4.17. The van der Waals surface area contributed by atoms with E-state index in [2.05, 4.69) is 43.5 Å². The predicted octanol–water partition coefficient (Wildman–Crippen LogP) is 4.18. The Kier molecular flexibility index (Phi) is 6.77. The first kappa shape index (κ1) is 18.7. The van der Waals surface area contributed by atoms with Crippen molar-refractivity contribution in [2.45, 2.75) is 34.6 Å². The van der Waals surface area contributed by atoms with Crippen LogP contribution in [0.15, 0.2) is 23.2 Å². The molecule has 1 rings (SSSR count). The number of rotatable bonds is 6. The molecule has 0 amide bonds. The highest BCUT2D eigenvalue weighted by Crippen LogP contribution is 2.24. The summed E-state index contributed by atoms with van der Waals surface area (Å²) in [4.78, 5) is 17.1. The maximum Gasteiger partial charge on any atom is 0.269 e. The number of aliphatic imine (C=N–C) groups is 1. The van der Waals surface area contributed by atoms with Crippen molar-refractivity contribution in [1.82, 2.24) is 4.90 Å². The number of nitrogens with zero attached hydrogens (tertiary/aromatic N) is 3. The summed E-state index contributed by atoms with van der Waals surface area (Å²) >= 11 is 0. The van der Waals surface area contributed by atoms with E-state index < -0.39 is 4.92 Å². The Morgan fingerprint density at radius 2 is 1.87 bits per heavy atom. The Morgan fingerprint density at radius 3 is 2.26 bits per heavy atom. The maximum absolute atomic E-state index is 10.8. The van der Waals surface area contributed by atoms with E-state index in [1.165, 1.54) is 12.1 Å². The normalized spacial score (nSPS) is 11.7. The Balaban J connectivity index is 3.18. The van der Waals surface area contributed by atoms with Gasteiger partial charge in [0.05, 0.1) is 10.6 Å². The minimum Gasteiger partial charge on any atom is -0.349 e. The van der Waals surface area contributed by atoms with Crippen LogP contribution in [0.1, 0.15) is 33.3 Å². The third-order valence-corrected chi connectivity index (χ3v) is 3.22. The molecule has 0 bridgehead atoms. The van der Waals surface area contributed by atoms with Gasteiger partial charge in [0.15, 0.2) is 5.84 Å². The highest BCUT2D eigenvalue weighted by Gasteiger charge is 2.14. The summed E-state index contributed by atoms with van der Waals surface area (Å²) in [5, 5.41) is 10.8. The number of non-ortho nitro benzene ring substituents is 1. The zero-order valence-electron chi connectivity index (χ0n) is 14.5.